The molecule has 0 atom stereocenters. The van der Waals surface area contributed by atoms with Crippen LogP contribution < -0.4 is 0 Å². The minimum atomic E-state index is 0.711. The first-order valence-electron chi connectivity index (χ1n) is 5.98. The zero-order valence-corrected chi connectivity index (χ0v) is 10.8. The van der Waals surface area contributed by atoms with E-state index in [-0.39, 0.29) is 0 Å². The van der Waals surface area contributed by atoms with Crippen molar-refractivity contribution >= 4 is 6.29 Å². The van der Waals surface area contributed by atoms with E-state index < -0.39 is 0 Å². The van der Waals surface area contributed by atoms with E-state index >= 15 is 0 Å². The second-order valence-corrected chi connectivity index (χ2v) is 4.68. The highest BCUT2D eigenvalue weighted by molar-refractivity contribution is 5.77. The lowest BCUT2D eigenvalue weighted by Gasteiger charge is -2.11. The van der Waals surface area contributed by atoms with Gasteiger partial charge in [-0.2, -0.15) is 0 Å². The predicted molar refractivity (Wildman–Crippen MR) is 74.7 cm³/mol. The molecule has 2 nitrogen and oxygen atoms in total. The highest BCUT2D eigenvalue weighted by Gasteiger charge is 2.00. The molecule has 0 aliphatic rings. The van der Waals surface area contributed by atoms with Gasteiger partial charge in [-0.1, -0.05) is 42.5 Å². The minimum Gasteiger partial charge on any atom is -0.305 e. The Kier molecular flexibility index (Phi) is 3.90. The Morgan fingerprint density at radius 2 is 1.72 bits per heavy atom. The van der Waals surface area contributed by atoms with E-state index in [4.69, 9.17) is 0 Å². The number of carbonyl (C=O) groups excluding carboxylic acids is 1. The van der Waals surface area contributed by atoms with Gasteiger partial charge in [-0.3, -0.25) is 4.79 Å². The fourth-order valence-corrected chi connectivity index (χ4v) is 1.97. The van der Waals surface area contributed by atoms with Gasteiger partial charge in [-0.25, -0.2) is 0 Å². The van der Waals surface area contributed by atoms with Crippen molar-refractivity contribution in [3.8, 4) is 11.1 Å². The molecule has 18 heavy (non-hydrogen) atoms. The number of rotatable bonds is 4. The van der Waals surface area contributed by atoms with Crippen molar-refractivity contribution < 1.29 is 4.79 Å². The lowest BCUT2D eigenvalue weighted by molar-refractivity contribution is 0.112. The average Bonchev–Trinajstić information content (AvgIpc) is 2.38. The van der Waals surface area contributed by atoms with Crippen LogP contribution in [0.15, 0.2) is 48.5 Å². The SMILES string of the molecule is CN(C)Cc1cccc(-c2ccc(C=O)cc2)c1. The second-order valence-electron chi connectivity index (χ2n) is 4.68. The van der Waals surface area contributed by atoms with Gasteiger partial charge in [0.2, 0.25) is 0 Å². The van der Waals surface area contributed by atoms with Gasteiger partial charge >= 0.3 is 0 Å². The van der Waals surface area contributed by atoms with Gasteiger partial charge in [-0.05, 0) is 36.9 Å². The zero-order chi connectivity index (χ0) is 13.0. The van der Waals surface area contributed by atoms with Crippen molar-refractivity contribution in [1.29, 1.82) is 0 Å². The summed E-state index contributed by atoms with van der Waals surface area (Å²) in [6, 6.07) is 16.1. The van der Waals surface area contributed by atoms with Crippen LogP contribution in [0.5, 0.6) is 0 Å². The molecule has 0 amide bonds. The van der Waals surface area contributed by atoms with Crippen molar-refractivity contribution in [1.82, 2.24) is 4.90 Å². The lowest BCUT2D eigenvalue weighted by atomic mass is 10.0. The van der Waals surface area contributed by atoms with E-state index in [0.717, 1.165) is 18.4 Å². The summed E-state index contributed by atoms with van der Waals surface area (Å²) in [5.41, 5.74) is 4.33. The van der Waals surface area contributed by atoms with Crippen LogP contribution in [0.4, 0.5) is 0 Å². The first-order chi connectivity index (χ1) is 8.69. The van der Waals surface area contributed by atoms with Crippen LogP contribution in [-0.2, 0) is 6.54 Å². The summed E-state index contributed by atoms with van der Waals surface area (Å²) in [4.78, 5) is 12.8. The summed E-state index contributed by atoms with van der Waals surface area (Å²) in [6.07, 6.45) is 0.867. The molecular formula is C16H17NO. The lowest BCUT2D eigenvalue weighted by Crippen LogP contribution is -2.10. The van der Waals surface area contributed by atoms with Crippen LogP contribution in [0.1, 0.15) is 15.9 Å². The summed E-state index contributed by atoms with van der Waals surface area (Å²) in [5.74, 6) is 0. The molecule has 0 bridgehead atoms. The molecule has 0 radical (unpaired) electrons. The van der Waals surface area contributed by atoms with Gasteiger partial charge < -0.3 is 4.90 Å². The Hall–Kier alpha value is -1.93. The number of nitrogens with zero attached hydrogens (tertiary/aromatic N) is 1. The van der Waals surface area contributed by atoms with E-state index in [2.05, 4.69) is 43.3 Å². The third-order valence-electron chi connectivity index (χ3n) is 2.81. The molecule has 0 aromatic heterocycles. The van der Waals surface area contributed by atoms with Crippen LogP contribution in [0.3, 0.4) is 0 Å². The third kappa shape index (κ3) is 3.05. The molecule has 2 aromatic rings. The molecule has 0 unspecified atom stereocenters. The average molecular weight is 239 g/mol. The molecule has 0 fully saturated rings. The molecule has 0 saturated heterocycles. The molecule has 0 spiro atoms. The Balaban J connectivity index is 2.29. The highest BCUT2D eigenvalue weighted by Crippen LogP contribution is 2.21. The number of hydrogen-bond donors (Lipinski definition) is 0. The molecule has 2 heteroatoms. The van der Waals surface area contributed by atoms with Crippen molar-refractivity contribution in [3.63, 3.8) is 0 Å². The molecule has 2 aromatic carbocycles. The van der Waals surface area contributed by atoms with Gasteiger partial charge in [0, 0.05) is 12.1 Å². The zero-order valence-electron chi connectivity index (χ0n) is 10.8. The molecule has 0 heterocycles. The first kappa shape index (κ1) is 12.5. The molecule has 0 aliphatic heterocycles. The highest BCUT2D eigenvalue weighted by atomic mass is 16.1. The molecular weight excluding hydrogens is 222 g/mol. The largest absolute Gasteiger partial charge is 0.305 e. The van der Waals surface area contributed by atoms with Crippen molar-refractivity contribution in [2.75, 3.05) is 14.1 Å². The minimum absolute atomic E-state index is 0.711. The summed E-state index contributed by atoms with van der Waals surface area (Å²) < 4.78 is 0. The predicted octanol–water partition coefficient (Wildman–Crippen LogP) is 3.23. The van der Waals surface area contributed by atoms with Crippen LogP contribution in [0, 0.1) is 0 Å². The Morgan fingerprint density at radius 3 is 2.33 bits per heavy atom. The molecule has 92 valence electrons. The smallest absolute Gasteiger partial charge is 0.150 e. The van der Waals surface area contributed by atoms with Crippen molar-refractivity contribution in [3.05, 3.63) is 59.7 Å². The van der Waals surface area contributed by atoms with Gasteiger partial charge in [0.25, 0.3) is 0 Å². The number of aldehydes is 1. The van der Waals surface area contributed by atoms with Crippen LogP contribution in [0.25, 0.3) is 11.1 Å². The summed E-state index contributed by atoms with van der Waals surface area (Å²) >= 11 is 0. The maximum absolute atomic E-state index is 10.6. The molecule has 0 aliphatic carbocycles. The monoisotopic (exact) mass is 239 g/mol. The van der Waals surface area contributed by atoms with Crippen LogP contribution >= 0.6 is 0 Å². The standard InChI is InChI=1S/C16H17NO/c1-17(2)11-14-4-3-5-16(10-14)15-8-6-13(12-18)7-9-15/h3-10,12H,11H2,1-2H3. The van der Waals surface area contributed by atoms with Crippen LogP contribution in [-0.4, -0.2) is 25.3 Å². The number of hydrogen-bond acceptors (Lipinski definition) is 2. The van der Waals surface area contributed by atoms with E-state index in [9.17, 15) is 4.79 Å². The maximum atomic E-state index is 10.6. The van der Waals surface area contributed by atoms with Gasteiger partial charge in [-0.15, -0.1) is 0 Å². The van der Waals surface area contributed by atoms with Gasteiger partial charge in [0.05, 0.1) is 0 Å². The maximum Gasteiger partial charge on any atom is 0.150 e. The first-order valence-corrected chi connectivity index (χ1v) is 5.98. The normalized spacial score (nSPS) is 10.6. The van der Waals surface area contributed by atoms with Crippen molar-refractivity contribution in [2.45, 2.75) is 6.54 Å². The summed E-state index contributed by atoms with van der Waals surface area (Å²) in [7, 11) is 4.12. The summed E-state index contributed by atoms with van der Waals surface area (Å²) in [6.45, 7) is 0.931. The Labute approximate surface area is 108 Å². The Morgan fingerprint density at radius 1 is 1.00 bits per heavy atom. The molecule has 0 N–H and O–H groups in total. The third-order valence-corrected chi connectivity index (χ3v) is 2.81. The molecule has 2 rings (SSSR count). The van der Waals surface area contributed by atoms with Crippen LogP contribution in [0.2, 0.25) is 0 Å². The van der Waals surface area contributed by atoms with Gasteiger partial charge in [0.1, 0.15) is 6.29 Å². The summed E-state index contributed by atoms with van der Waals surface area (Å²) in [5, 5.41) is 0. The fraction of sp³-hybridized carbons (Fsp3) is 0.188. The number of carbonyl (C=O) groups is 1. The van der Waals surface area contributed by atoms with E-state index in [1.54, 1.807) is 0 Å². The second kappa shape index (κ2) is 5.61. The number of benzene rings is 2. The Bertz CT molecular complexity index is 529. The van der Waals surface area contributed by atoms with Crippen molar-refractivity contribution in [2.24, 2.45) is 0 Å². The molecule has 0 saturated carbocycles. The topological polar surface area (TPSA) is 20.3 Å². The quantitative estimate of drug-likeness (QED) is 0.763. The van der Waals surface area contributed by atoms with E-state index in [0.29, 0.717) is 5.56 Å². The van der Waals surface area contributed by atoms with E-state index in [1.807, 2.05) is 24.3 Å². The van der Waals surface area contributed by atoms with E-state index in [1.165, 1.54) is 11.1 Å². The van der Waals surface area contributed by atoms with Gasteiger partial charge in [0.15, 0.2) is 0 Å². The fourth-order valence-electron chi connectivity index (χ4n) is 1.97.